The molecule has 2 saturated heterocycles. The van der Waals surface area contributed by atoms with Crippen LogP contribution in [0.3, 0.4) is 0 Å². The van der Waals surface area contributed by atoms with Crippen LogP contribution in [0.4, 0.5) is 0 Å². The molecule has 1 unspecified atom stereocenters. The molecule has 1 aliphatic carbocycles. The zero-order chi connectivity index (χ0) is 14.9. The number of nitrogens with one attached hydrogen (secondary N) is 1. The first-order valence-corrected chi connectivity index (χ1v) is 8.32. The number of carbonyl (C=O) groups excluding carboxylic acids is 1. The minimum Gasteiger partial charge on any atom is -0.481 e. The minimum absolute atomic E-state index is 0.261. The Morgan fingerprint density at radius 2 is 1.86 bits per heavy atom. The first kappa shape index (κ1) is 14.8. The van der Waals surface area contributed by atoms with Gasteiger partial charge in [0.05, 0.1) is 0 Å². The number of piperidine rings is 2. The van der Waals surface area contributed by atoms with Crippen LogP contribution in [0.15, 0.2) is 0 Å². The summed E-state index contributed by atoms with van der Waals surface area (Å²) in [5, 5.41) is 12.1. The quantitative estimate of drug-likeness (QED) is 0.824. The second-order valence-electron chi connectivity index (χ2n) is 7.07. The molecular weight excluding hydrogens is 268 g/mol. The maximum absolute atomic E-state index is 12.6. The first-order valence-electron chi connectivity index (χ1n) is 8.32. The van der Waals surface area contributed by atoms with Gasteiger partial charge in [-0.15, -0.1) is 0 Å². The summed E-state index contributed by atoms with van der Waals surface area (Å²) in [6.07, 6.45) is 6.36. The number of hydrogen-bond donors (Lipinski definition) is 2. The van der Waals surface area contributed by atoms with Crippen molar-refractivity contribution in [1.82, 2.24) is 10.2 Å². The van der Waals surface area contributed by atoms with Crippen LogP contribution < -0.4 is 5.32 Å². The molecule has 1 atom stereocenters. The Balaban J connectivity index is 1.44. The molecular formula is C16H26N2O3. The van der Waals surface area contributed by atoms with Gasteiger partial charge in [0, 0.05) is 25.4 Å². The van der Waals surface area contributed by atoms with Crippen LogP contribution in [0.25, 0.3) is 0 Å². The summed E-state index contributed by atoms with van der Waals surface area (Å²) >= 11 is 0. The Hall–Kier alpha value is -1.10. The third-order valence-electron chi connectivity index (χ3n) is 5.78. The Morgan fingerprint density at radius 3 is 2.48 bits per heavy atom. The van der Waals surface area contributed by atoms with Gasteiger partial charge in [-0.1, -0.05) is 0 Å². The number of nitrogens with zero attached hydrogens (tertiary/aromatic N) is 1. The van der Waals surface area contributed by atoms with Crippen molar-refractivity contribution < 1.29 is 14.7 Å². The molecule has 21 heavy (non-hydrogen) atoms. The van der Waals surface area contributed by atoms with Crippen LogP contribution in [0.2, 0.25) is 0 Å². The summed E-state index contributed by atoms with van der Waals surface area (Å²) in [4.78, 5) is 25.3. The van der Waals surface area contributed by atoms with Crippen LogP contribution in [-0.4, -0.2) is 48.1 Å². The number of amides is 1. The number of likely N-dealkylation sites (tertiary alicyclic amines) is 1. The molecule has 0 aromatic heterocycles. The molecule has 1 amide bonds. The molecule has 3 aliphatic rings. The zero-order valence-corrected chi connectivity index (χ0v) is 12.6. The predicted octanol–water partition coefficient (Wildman–Crippen LogP) is 1.48. The highest BCUT2D eigenvalue weighted by molar-refractivity contribution is 5.82. The monoisotopic (exact) mass is 294 g/mol. The lowest BCUT2D eigenvalue weighted by atomic mass is 9.90. The van der Waals surface area contributed by atoms with Crippen molar-refractivity contribution in [2.24, 2.45) is 17.3 Å². The molecule has 1 spiro atoms. The fourth-order valence-corrected chi connectivity index (χ4v) is 4.16. The normalized spacial score (nSPS) is 28.6. The van der Waals surface area contributed by atoms with Gasteiger partial charge in [-0.3, -0.25) is 9.59 Å². The molecule has 2 heterocycles. The van der Waals surface area contributed by atoms with E-state index < -0.39 is 5.97 Å². The van der Waals surface area contributed by atoms with E-state index in [2.05, 4.69) is 5.32 Å². The van der Waals surface area contributed by atoms with Gasteiger partial charge >= 0.3 is 5.97 Å². The lowest BCUT2D eigenvalue weighted by molar-refractivity contribution is -0.138. The molecule has 1 saturated carbocycles. The van der Waals surface area contributed by atoms with Gasteiger partial charge in [0.15, 0.2) is 0 Å². The summed E-state index contributed by atoms with van der Waals surface area (Å²) in [6.45, 7) is 3.77. The third-order valence-corrected chi connectivity index (χ3v) is 5.78. The fourth-order valence-electron chi connectivity index (χ4n) is 4.16. The van der Waals surface area contributed by atoms with E-state index in [0.717, 1.165) is 64.7 Å². The number of aliphatic carboxylic acids is 1. The van der Waals surface area contributed by atoms with Gasteiger partial charge in [-0.25, -0.2) is 0 Å². The van der Waals surface area contributed by atoms with Crippen molar-refractivity contribution in [1.29, 1.82) is 0 Å². The molecule has 0 radical (unpaired) electrons. The van der Waals surface area contributed by atoms with Crippen LogP contribution in [0, 0.1) is 17.3 Å². The summed E-state index contributed by atoms with van der Waals surface area (Å²) < 4.78 is 0. The predicted molar refractivity (Wildman–Crippen MR) is 78.8 cm³/mol. The Kier molecular flexibility index (Phi) is 4.20. The lowest BCUT2D eigenvalue weighted by Gasteiger charge is -2.33. The van der Waals surface area contributed by atoms with Crippen molar-refractivity contribution in [3.05, 3.63) is 0 Å². The number of rotatable bonds is 4. The summed E-state index contributed by atoms with van der Waals surface area (Å²) in [5.41, 5.74) is 0.322. The average Bonchev–Trinajstić information content (AvgIpc) is 3.19. The highest BCUT2D eigenvalue weighted by atomic mass is 16.4. The van der Waals surface area contributed by atoms with E-state index in [-0.39, 0.29) is 12.3 Å². The topological polar surface area (TPSA) is 69.6 Å². The van der Waals surface area contributed by atoms with E-state index in [4.69, 9.17) is 5.11 Å². The summed E-state index contributed by atoms with van der Waals surface area (Å²) in [6, 6.07) is 0. The number of carbonyl (C=O) groups is 2. The number of hydrogen-bond acceptors (Lipinski definition) is 3. The standard InChI is InChI=1S/C16H26N2O3/c19-14(20)2-1-12-3-9-18(10-4-12)15(21)13-11-16(13)5-7-17-8-6-16/h12-13,17H,1-11H2,(H,19,20). The Morgan fingerprint density at radius 1 is 1.19 bits per heavy atom. The van der Waals surface area contributed by atoms with Gasteiger partial charge in [0.1, 0.15) is 0 Å². The number of carboxylic acids is 1. The molecule has 5 nitrogen and oxygen atoms in total. The molecule has 0 aromatic carbocycles. The van der Waals surface area contributed by atoms with Gasteiger partial charge in [0.2, 0.25) is 5.91 Å². The van der Waals surface area contributed by atoms with E-state index in [9.17, 15) is 9.59 Å². The minimum atomic E-state index is -0.709. The Bertz CT molecular complexity index is 410. The van der Waals surface area contributed by atoms with Gasteiger partial charge in [-0.2, -0.15) is 0 Å². The van der Waals surface area contributed by atoms with Crippen molar-refractivity contribution in [2.75, 3.05) is 26.2 Å². The second-order valence-corrected chi connectivity index (χ2v) is 7.07. The van der Waals surface area contributed by atoms with Crippen LogP contribution in [0.1, 0.15) is 44.9 Å². The van der Waals surface area contributed by atoms with E-state index >= 15 is 0 Å². The maximum Gasteiger partial charge on any atom is 0.303 e. The molecule has 0 aromatic rings. The van der Waals surface area contributed by atoms with Crippen LogP contribution in [0.5, 0.6) is 0 Å². The SMILES string of the molecule is O=C(O)CCC1CCN(C(=O)C2CC23CCNCC3)CC1. The lowest BCUT2D eigenvalue weighted by Crippen LogP contribution is -2.41. The zero-order valence-electron chi connectivity index (χ0n) is 12.6. The van der Waals surface area contributed by atoms with E-state index in [1.54, 1.807) is 0 Å². The van der Waals surface area contributed by atoms with E-state index in [1.807, 2.05) is 4.90 Å². The Labute approximate surface area is 126 Å². The van der Waals surface area contributed by atoms with Crippen molar-refractivity contribution in [3.63, 3.8) is 0 Å². The van der Waals surface area contributed by atoms with Crippen molar-refractivity contribution in [2.45, 2.75) is 44.9 Å². The molecule has 3 rings (SSSR count). The number of carboxylic acid groups (broad SMARTS) is 1. The maximum atomic E-state index is 12.6. The molecule has 118 valence electrons. The molecule has 2 aliphatic heterocycles. The average molecular weight is 294 g/mol. The van der Waals surface area contributed by atoms with Crippen LogP contribution >= 0.6 is 0 Å². The van der Waals surface area contributed by atoms with Gasteiger partial charge in [-0.05, 0) is 62.9 Å². The van der Waals surface area contributed by atoms with Gasteiger partial charge < -0.3 is 15.3 Å². The largest absolute Gasteiger partial charge is 0.481 e. The fraction of sp³-hybridized carbons (Fsp3) is 0.875. The first-order chi connectivity index (χ1) is 10.1. The molecule has 0 bridgehead atoms. The van der Waals surface area contributed by atoms with Crippen molar-refractivity contribution in [3.8, 4) is 0 Å². The van der Waals surface area contributed by atoms with Gasteiger partial charge in [0.25, 0.3) is 0 Å². The van der Waals surface area contributed by atoms with Crippen molar-refractivity contribution >= 4 is 11.9 Å². The second kappa shape index (κ2) is 5.95. The molecule has 5 heteroatoms. The van der Waals surface area contributed by atoms with Crippen LogP contribution in [-0.2, 0) is 9.59 Å². The highest BCUT2D eigenvalue weighted by Gasteiger charge is 2.58. The molecule has 3 fully saturated rings. The third kappa shape index (κ3) is 3.23. The smallest absolute Gasteiger partial charge is 0.303 e. The summed E-state index contributed by atoms with van der Waals surface area (Å²) in [5.74, 6) is 0.417. The molecule has 2 N–H and O–H groups in total. The highest BCUT2D eigenvalue weighted by Crippen LogP contribution is 2.59. The van der Waals surface area contributed by atoms with E-state index in [1.165, 1.54) is 0 Å². The summed E-state index contributed by atoms with van der Waals surface area (Å²) in [7, 11) is 0. The van der Waals surface area contributed by atoms with E-state index in [0.29, 0.717) is 17.2 Å².